The van der Waals surface area contributed by atoms with Crippen LogP contribution < -0.4 is 10.9 Å². The summed E-state index contributed by atoms with van der Waals surface area (Å²) in [5.41, 5.74) is 1.40. The zero-order valence-corrected chi connectivity index (χ0v) is 16.1. The molecule has 0 saturated carbocycles. The molecule has 3 aromatic heterocycles. The van der Waals surface area contributed by atoms with Crippen molar-refractivity contribution in [2.45, 2.75) is 20.4 Å². The van der Waals surface area contributed by atoms with Crippen LogP contribution in [0.4, 0.5) is 0 Å². The van der Waals surface area contributed by atoms with E-state index in [9.17, 15) is 9.59 Å². The lowest BCUT2D eigenvalue weighted by atomic mass is 10.3. The minimum atomic E-state index is -0.199. The zero-order valence-electron chi connectivity index (χ0n) is 14.4. The Bertz CT molecular complexity index is 987. The van der Waals surface area contributed by atoms with Gasteiger partial charge in [-0.15, -0.1) is 22.7 Å². The highest BCUT2D eigenvalue weighted by atomic mass is 32.1. The molecule has 1 amide bonds. The molecule has 3 aromatic rings. The summed E-state index contributed by atoms with van der Waals surface area (Å²) < 4.78 is 1.37. The van der Waals surface area contributed by atoms with Crippen molar-refractivity contribution >= 4 is 28.6 Å². The molecular formula is C18H18N4O2S2. The maximum Gasteiger partial charge on any atom is 0.266 e. The number of allylic oxidation sites excluding steroid dienone is 1. The summed E-state index contributed by atoms with van der Waals surface area (Å²) in [7, 11) is 0. The second-order valence-corrected chi connectivity index (χ2v) is 7.43. The quantitative estimate of drug-likeness (QED) is 0.661. The number of hydrogen-bond acceptors (Lipinski definition) is 6. The third-order valence-corrected chi connectivity index (χ3v) is 5.79. The van der Waals surface area contributed by atoms with Gasteiger partial charge in [0.25, 0.3) is 5.56 Å². The van der Waals surface area contributed by atoms with Crippen LogP contribution in [0.2, 0.25) is 0 Å². The molecular weight excluding hydrogens is 368 g/mol. The summed E-state index contributed by atoms with van der Waals surface area (Å²) in [5, 5.41) is 10.1. The molecule has 0 saturated heterocycles. The Balaban J connectivity index is 1.81. The van der Waals surface area contributed by atoms with Gasteiger partial charge in [0.1, 0.15) is 10.7 Å². The van der Waals surface area contributed by atoms with Crippen LogP contribution in [0.1, 0.15) is 12.6 Å². The zero-order chi connectivity index (χ0) is 18.5. The number of aryl methyl sites for hydroxylation is 1. The summed E-state index contributed by atoms with van der Waals surface area (Å²) in [6, 6.07) is 7.25. The van der Waals surface area contributed by atoms with Gasteiger partial charge >= 0.3 is 0 Å². The molecule has 0 aliphatic rings. The van der Waals surface area contributed by atoms with E-state index in [1.807, 2.05) is 24.4 Å². The van der Waals surface area contributed by atoms with Gasteiger partial charge in [0.05, 0.1) is 22.0 Å². The van der Waals surface area contributed by atoms with Crippen molar-refractivity contribution in [2.75, 3.05) is 6.54 Å². The van der Waals surface area contributed by atoms with Crippen LogP contribution in [0.15, 0.2) is 46.6 Å². The predicted octanol–water partition coefficient (Wildman–Crippen LogP) is 3.10. The first-order chi connectivity index (χ1) is 12.6. The third-order valence-electron chi connectivity index (χ3n) is 3.57. The number of carbonyl (C=O) groups is 1. The predicted molar refractivity (Wildman–Crippen MR) is 105 cm³/mol. The summed E-state index contributed by atoms with van der Waals surface area (Å²) in [5.74, 6) is -0.185. The van der Waals surface area contributed by atoms with Gasteiger partial charge in [0, 0.05) is 12.6 Å². The van der Waals surface area contributed by atoms with E-state index >= 15 is 0 Å². The molecule has 6 nitrogen and oxygen atoms in total. The second-order valence-electron chi connectivity index (χ2n) is 5.48. The van der Waals surface area contributed by atoms with Crippen molar-refractivity contribution in [1.82, 2.24) is 20.1 Å². The van der Waals surface area contributed by atoms with Gasteiger partial charge in [-0.2, -0.15) is 5.10 Å². The fourth-order valence-electron chi connectivity index (χ4n) is 2.37. The molecule has 0 spiro atoms. The summed E-state index contributed by atoms with van der Waals surface area (Å²) in [4.78, 5) is 30.2. The monoisotopic (exact) mass is 386 g/mol. The Morgan fingerprint density at radius 1 is 1.35 bits per heavy atom. The highest BCUT2D eigenvalue weighted by molar-refractivity contribution is 7.23. The summed E-state index contributed by atoms with van der Waals surface area (Å²) >= 11 is 3.21. The highest BCUT2D eigenvalue weighted by Crippen LogP contribution is 2.35. The molecule has 0 fully saturated rings. The van der Waals surface area contributed by atoms with E-state index < -0.39 is 0 Å². The van der Waals surface area contributed by atoms with Crippen molar-refractivity contribution in [3.05, 3.63) is 57.8 Å². The number of thiophene rings is 1. The van der Waals surface area contributed by atoms with Gasteiger partial charge in [-0.1, -0.05) is 12.1 Å². The molecule has 0 atom stereocenters. The molecule has 1 N–H and O–H groups in total. The Labute approximate surface area is 158 Å². The van der Waals surface area contributed by atoms with Gasteiger partial charge in [0.2, 0.25) is 5.91 Å². The van der Waals surface area contributed by atoms with Gasteiger partial charge in [-0.3, -0.25) is 9.59 Å². The molecule has 0 unspecified atom stereocenters. The highest BCUT2D eigenvalue weighted by Gasteiger charge is 2.14. The number of thiazole rings is 1. The SMILES string of the molecule is C/C=C/C(=O)NCCn1nc(-c2sc(-c3cccs3)nc2C)ccc1=O. The van der Waals surface area contributed by atoms with E-state index in [-0.39, 0.29) is 11.5 Å². The lowest BCUT2D eigenvalue weighted by Crippen LogP contribution is -2.31. The van der Waals surface area contributed by atoms with Crippen LogP contribution in [-0.4, -0.2) is 27.2 Å². The van der Waals surface area contributed by atoms with E-state index in [2.05, 4.69) is 15.4 Å². The number of hydrogen-bond donors (Lipinski definition) is 1. The average molecular weight is 387 g/mol. The first-order valence-electron chi connectivity index (χ1n) is 8.09. The number of nitrogens with one attached hydrogen (secondary N) is 1. The van der Waals surface area contributed by atoms with Crippen molar-refractivity contribution in [3.8, 4) is 20.5 Å². The van der Waals surface area contributed by atoms with Gasteiger partial charge in [-0.05, 0) is 37.4 Å². The first kappa shape index (κ1) is 18.2. The number of nitrogens with zero attached hydrogens (tertiary/aromatic N) is 3. The fourth-order valence-corrected chi connectivity index (χ4v) is 4.19. The smallest absolute Gasteiger partial charge is 0.266 e. The van der Waals surface area contributed by atoms with Crippen LogP contribution in [0, 0.1) is 6.92 Å². The molecule has 0 radical (unpaired) electrons. The lowest BCUT2D eigenvalue weighted by Gasteiger charge is -2.07. The maximum atomic E-state index is 12.0. The maximum absolute atomic E-state index is 12.0. The van der Waals surface area contributed by atoms with Crippen LogP contribution in [0.25, 0.3) is 20.5 Å². The van der Waals surface area contributed by atoms with Gasteiger partial charge in [0.15, 0.2) is 0 Å². The van der Waals surface area contributed by atoms with E-state index in [0.29, 0.717) is 18.8 Å². The van der Waals surface area contributed by atoms with Crippen molar-refractivity contribution in [1.29, 1.82) is 0 Å². The Kier molecular flexibility index (Phi) is 5.75. The number of carbonyl (C=O) groups excluding carboxylic acids is 1. The van der Waals surface area contributed by atoms with Crippen LogP contribution in [-0.2, 0) is 11.3 Å². The van der Waals surface area contributed by atoms with E-state index in [1.165, 1.54) is 16.8 Å². The van der Waals surface area contributed by atoms with Crippen LogP contribution >= 0.6 is 22.7 Å². The number of aromatic nitrogens is 3. The molecule has 26 heavy (non-hydrogen) atoms. The van der Waals surface area contributed by atoms with E-state index in [1.54, 1.807) is 41.7 Å². The standard InChI is InChI=1S/C18H18N4O2S2/c1-3-5-15(23)19-9-10-22-16(24)8-7-13(21-22)17-12(2)20-18(26-17)14-6-4-11-25-14/h3-8,11H,9-10H2,1-2H3,(H,19,23)/b5-3+. The molecule has 0 aromatic carbocycles. The number of amides is 1. The summed E-state index contributed by atoms with van der Waals surface area (Å²) in [6.45, 7) is 4.36. The first-order valence-corrected chi connectivity index (χ1v) is 9.78. The van der Waals surface area contributed by atoms with Crippen molar-refractivity contribution in [3.63, 3.8) is 0 Å². The molecule has 8 heteroatoms. The molecule has 0 bridgehead atoms. The normalized spacial score (nSPS) is 11.2. The van der Waals surface area contributed by atoms with Crippen LogP contribution in [0.5, 0.6) is 0 Å². The van der Waals surface area contributed by atoms with Gasteiger partial charge < -0.3 is 5.32 Å². The average Bonchev–Trinajstić information content (AvgIpc) is 3.26. The summed E-state index contributed by atoms with van der Waals surface area (Å²) in [6.07, 6.45) is 3.11. The van der Waals surface area contributed by atoms with Crippen LogP contribution in [0.3, 0.4) is 0 Å². The Hall–Kier alpha value is -2.58. The minimum absolute atomic E-state index is 0.185. The minimum Gasteiger partial charge on any atom is -0.351 e. The Morgan fingerprint density at radius 2 is 2.19 bits per heavy atom. The molecule has 3 heterocycles. The topological polar surface area (TPSA) is 76.9 Å². The van der Waals surface area contributed by atoms with E-state index in [0.717, 1.165) is 20.5 Å². The largest absolute Gasteiger partial charge is 0.351 e. The fraction of sp³-hybridized carbons (Fsp3) is 0.222. The molecule has 3 rings (SSSR count). The number of rotatable bonds is 6. The van der Waals surface area contributed by atoms with E-state index in [4.69, 9.17) is 0 Å². The lowest BCUT2D eigenvalue weighted by molar-refractivity contribution is -0.116. The molecule has 0 aliphatic heterocycles. The van der Waals surface area contributed by atoms with Gasteiger partial charge in [-0.25, -0.2) is 9.67 Å². The molecule has 0 aliphatic carbocycles. The third kappa shape index (κ3) is 4.14. The second kappa shape index (κ2) is 8.20. The Morgan fingerprint density at radius 3 is 2.92 bits per heavy atom. The molecule has 134 valence electrons. The van der Waals surface area contributed by atoms with Crippen molar-refractivity contribution in [2.24, 2.45) is 0 Å². The van der Waals surface area contributed by atoms with Crippen molar-refractivity contribution < 1.29 is 4.79 Å².